The Balaban J connectivity index is 2.14. The van der Waals surface area contributed by atoms with Gasteiger partial charge in [0.1, 0.15) is 10.7 Å². The number of carbonyl (C=O) groups is 2. The zero-order chi connectivity index (χ0) is 15.4. The van der Waals surface area contributed by atoms with Crippen molar-refractivity contribution >= 4 is 33.3 Å². The fourth-order valence-corrected chi connectivity index (χ4v) is 2.96. The topological polar surface area (TPSA) is 55.4 Å². The van der Waals surface area contributed by atoms with Gasteiger partial charge in [-0.3, -0.25) is 4.79 Å². The second-order valence-corrected chi connectivity index (χ2v) is 5.28. The van der Waals surface area contributed by atoms with E-state index in [1.165, 1.54) is 6.07 Å². The summed E-state index contributed by atoms with van der Waals surface area (Å²) in [5, 5.41) is 2.79. The Labute approximate surface area is 124 Å². The molecule has 0 spiro atoms. The first-order valence-electron chi connectivity index (χ1n) is 6.09. The van der Waals surface area contributed by atoms with E-state index in [9.17, 15) is 14.0 Å². The highest BCUT2D eigenvalue weighted by Gasteiger charge is 2.19. The summed E-state index contributed by atoms with van der Waals surface area (Å²) in [4.78, 5) is 23.6. The van der Waals surface area contributed by atoms with E-state index in [4.69, 9.17) is 11.2 Å². The monoisotopic (exact) mass is 305 g/mol. The van der Waals surface area contributed by atoms with Gasteiger partial charge >= 0.3 is 5.97 Å². The Bertz CT molecular complexity index is 745. The summed E-state index contributed by atoms with van der Waals surface area (Å²) in [7, 11) is 0. The van der Waals surface area contributed by atoms with Gasteiger partial charge in [0.25, 0.3) is 5.91 Å². The smallest absolute Gasteiger partial charge is 0.349 e. The molecule has 0 aliphatic rings. The maximum atomic E-state index is 13.7. The van der Waals surface area contributed by atoms with Crippen LogP contribution in [0.4, 0.5) is 4.39 Å². The lowest BCUT2D eigenvalue weighted by atomic mass is 10.1. The van der Waals surface area contributed by atoms with Crippen molar-refractivity contribution in [1.82, 2.24) is 5.32 Å². The number of aryl methyl sites for hydroxylation is 1. The van der Waals surface area contributed by atoms with Crippen molar-refractivity contribution in [3.63, 3.8) is 0 Å². The Hall–Kier alpha value is -2.39. The van der Waals surface area contributed by atoms with Crippen molar-refractivity contribution in [2.45, 2.75) is 6.92 Å². The molecule has 4 nitrogen and oxygen atoms in total. The zero-order valence-corrected chi connectivity index (χ0v) is 12.1. The molecule has 0 fully saturated rings. The van der Waals surface area contributed by atoms with E-state index < -0.39 is 18.5 Å². The summed E-state index contributed by atoms with van der Waals surface area (Å²) in [5.41, 5.74) is 0.516. The number of rotatable bonds is 4. The average Bonchev–Trinajstić information content (AvgIpc) is 2.81. The van der Waals surface area contributed by atoms with Crippen LogP contribution in [-0.4, -0.2) is 25.0 Å². The highest BCUT2D eigenvalue weighted by molar-refractivity contribution is 7.21. The lowest BCUT2D eigenvalue weighted by Gasteiger charge is -2.03. The van der Waals surface area contributed by atoms with Crippen LogP contribution >= 0.6 is 11.3 Å². The van der Waals surface area contributed by atoms with Crippen LogP contribution in [0, 0.1) is 25.1 Å². The Morgan fingerprint density at radius 2 is 2.24 bits per heavy atom. The number of benzene rings is 1. The molecular formula is C15H12FNO3S. The van der Waals surface area contributed by atoms with Crippen LogP contribution in [0.15, 0.2) is 18.2 Å². The number of halogens is 1. The standard InChI is InChI=1S/C15H12FNO3S/c1-3-7-17-12(18)8-20-15(19)14-9(2)13-10(16)5-4-6-11(13)21-14/h1,4-6H,7-8H2,2H3,(H,17,18). The predicted molar refractivity (Wildman–Crippen MR) is 78.6 cm³/mol. The summed E-state index contributed by atoms with van der Waals surface area (Å²) in [5.74, 6) is 0.727. The van der Waals surface area contributed by atoms with E-state index in [1.807, 2.05) is 0 Å². The normalized spacial score (nSPS) is 10.1. The molecule has 1 aromatic carbocycles. The van der Waals surface area contributed by atoms with Crippen LogP contribution < -0.4 is 5.32 Å². The van der Waals surface area contributed by atoms with Crippen molar-refractivity contribution in [1.29, 1.82) is 0 Å². The molecule has 108 valence electrons. The van der Waals surface area contributed by atoms with Crippen molar-refractivity contribution in [3.05, 3.63) is 34.5 Å². The summed E-state index contributed by atoms with van der Waals surface area (Å²) in [6.07, 6.45) is 4.99. The highest BCUT2D eigenvalue weighted by atomic mass is 32.1. The molecule has 0 bridgehead atoms. The molecular weight excluding hydrogens is 293 g/mol. The van der Waals surface area contributed by atoms with Crippen LogP contribution in [0.3, 0.4) is 0 Å². The molecule has 1 amide bonds. The third kappa shape index (κ3) is 3.20. The lowest BCUT2D eigenvalue weighted by molar-refractivity contribution is -0.123. The maximum absolute atomic E-state index is 13.7. The largest absolute Gasteiger partial charge is 0.451 e. The van der Waals surface area contributed by atoms with Crippen molar-refractivity contribution in [3.8, 4) is 12.3 Å². The molecule has 2 aromatic rings. The molecule has 0 atom stereocenters. The second kappa shape index (κ2) is 6.37. The molecule has 2 rings (SSSR count). The summed E-state index contributed by atoms with van der Waals surface area (Å²) in [6.45, 7) is 1.30. The number of ether oxygens (including phenoxy) is 1. The number of nitrogens with one attached hydrogen (secondary N) is 1. The van der Waals surface area contributed by atoms with Crippen LogP contribution in [0.1, 0.15) is 15.2 Å². The minimum atomic E-state index is -0.649. The molecule has 1 aromatic heterocycles. The number of carbonyl (C=O) groups excluding carboxylic acids is 2. The first-order valence-corrected chi connectivity index (χ1v) is 6.91. The van der Waals surface area contributed by atoms with Crippen molar-refractivity contribution < 1.29 is 18.7 Å². The van der Waals surface area contributed by atoms with E-state index >= 15 is 0 Å². The molecule has 6 heteroatoms. The molecule has 21 heavy (non-hydrogen) atoms. The van der Waals surface area contributed by atoms with Gasteiger partial charge in [-0.2, -0.15) is 0 Å². The summed E-state index contributed by atoms with van der Waals surface area (Å²) < 4.78 is 19.3. The van der Waals surface area contributed by atoms with E-state index in [-0.39, 0.29) is 12.4 Å². The van der Waals surface area contributed by atoms with Crippen molar-refractivity contribution in [2.75, 3.05) is 13.2 Å². The molecule has 0 unspecified atom stereocenters. The first-order chi connectivity index (χ1) is 10.0. The SMILES string of the molecule is C#CCNC(=O)COC(=O)c1sc2cccc(F)c2c1C. The number of fused-ring (bicyclic) bond motifs is 1. The third-order valence-corrected chi connectivity index (χ3v) is 4.05. The number of terminal acetylenes is 1. The molecule has 0 aliphatic heterocycles. The van der Waals surface area contributed by atoms with Gasteiger partial charge in [-0.05, 0) is 24.6 Å². The van der Waals surface area contributed by atoms with E-state index in [0.29, 0.717) is 20.5 Å². The Morgan fingerprint density at radius 1 is 1.48 bits per heavy atom. The van der Waals surface area contributed by atoms with Gasteiger partial charge in [0.05, 0.1) is 6.54 Å². The molecule has 1 N–H and O–H groups in total. The zero-order valence-electron chi connectivity index (χ0n) is 11.2. The van der Waals surface area contributed by atoms with Gasteiger partial charge in [-0.15, -0.1) is 17.8 Å². The van der Waals surface area contributed by atoms with Crippen LogP contribution in [0.2, 0.25) is 0 Å². The minimum Gasteiger partial charge on any atom is -0.451 e. The first kappa shape index (κ1) is 15.0. The number of hydrogen-bond donors (Lipinski definition) is 1. The van der Waals surface area contributed by atoms with Gasteiger partial charge in [-0.25, -0.2) is 9.18 Å². The van der Waals surface area contributed by atoms with Gasteiger partial charge in [0.2, 0.25) is 0 Å². The van der Waals surface area contributed by atoms with Crippen molar-refractivity contribution in [2.24, 2.45) is 0 Å². The Morgan fingerprint density at radius 3 is 2.90 bits per heavy atom. The number of amides is 1. The predicted octanol–water partition coefficient (Wildman–Crippen LogP) is 2.26. The maximum Gasteiger partial charge on any atom is 0.349 e. The van der Waals surface area contributed by atoms with Gasteiger partial charge < -0.3 is 10.1 Å². The number of thiophene rings is 1. The number of hydrogen-bond acceptors (Lipinski definition) is 4. The van der Waals surface area contributed by atoms with Gasteiger partial charge in [-0.1, -0.05) is 12.0 Å². The van der Waals surface area contributed by atoms with Crippen LogP contribution in [-0.2, 0) is 9.53 Å². The quantitative estimate of drug-likeness (QED) is 0.696. The molecule has 0 aliphatic carbocycles. The van der Waals surface area contributed by atoms with E-state index in [1.54, 1.807) is 19.1 Å². The molecule has 1 heterocycles. The van der Waals surface area contributed by atoms with Gasteiger partial charge in [0.15, 0.2) is 6.61 Å². The molecule has 0 saturated heterocycles. The molecule has 0 radical (unpaired) electrons. The van der Waals surface area contributed by atoms with Crippen LogP contribution in [0.5, 0.6) is 0 Å². The summed E-state index contributed by atoms with van der Waals surface area (Å²) >= 11 is 1.14. The fourth-order valence-electron chi connectivity index (χ4n) is 1.85. The average molecular weight is 305 g/mol. The van der Waals surface area contributed by atoms with Gasteiger partial charge in [0, 0.05) is 10.1 Å². The minimum absolute atomic E-state index is 0.0729. The second-order valence-electron chi connectivity index (χ2n) is 4.23. The summed E-state index contributed by atoms with van der Waals surface area (Å²) in [6, 6.07) is 4.65. The fraction of sp³-hybridized carbons (Fsp3) is 0.200. The highest BCUT2D eigenvalue weighted by Crippen LogP contribution is 2.32. The van der Waals surface area contributed by atoms with Crippen LogP contribution in [0.25, 0.3) is 10.1 Å². The Kier molecular flexibility index (Phi) is 4.55. The van der Waals surface area contributed by atoms with E-state index in [2.05, 4.69) is 11.2 Å². The molecule has 0 saturated carbocycles. The number of esters is 1. The van der Waals surface area contributed by atoms with E-state index in [0.717, 1.165) is 11.3 Å². The third-order valence-electron chi connectivity index (χ3n) is 2.81. The lowest BCUT2D eigenvalue weighted by Crippen LogP contribution is -2.28.